The van der Waals surface area contributed by atoms with Crippen LogP contribution in [0.2, 0.25) is 0 Å². The molecule has 2 heterocycles. The molecule has 0 aromatic heterocycles. The summed E-state index contributed by atoms with van der Waals surface area (Å²) in [5.74, 6) is 0.694. The number of benzene rings is 2. The van der Waals surface area contributed by atoms with Crippen LogP contribution in [0.1, 0.15) is 12.0 Å². The average Bonchev–Trinajstić information content (AvgIpc) is 3.06. The molecule has 0 bridgehead atoms. The molecule has 2 aromatic carbocycles. The fourth-order valence-electron chi connectivity index (χ4n) is 3.30. The van der Waals surface area contributed by atoms with Crippen molar-refractivity contribution in [3.8, 4) is 11.5 Å². The highest BCUT2D eigenvalue weighted by molar-refractivity contribution is 9.10. The smallest absolute Gasteiger partial charge is 0.229 e. The van der Waals surface area contributed by atoms with Gasteiger partial charge in [-0.05, 0) is 42.8 Å². The summed E-state index contributed by atoms with van der Waals surface area (Å²) < 4.78 is 12.1. The van der Waals surface area contributed by atoms with E-state index in [0.717, 1.165) is 21.4 Å². The summed E-state index contributed by atoms with van der Waals surface area (Å²) in [4.78, 5) is 26.7. The first-order valence-corrected chi connectivity index (χ1v) is 9.57. The third kappa shape index (κ3) is 3.64. The predicted octanol–water partition coefficient (Wildman–Crippen LogP) is 3.52. The largest absolute Gasteiger partial charge is 0.486 e. The second-order valence-corrected chi connectivity index (χ2v) is 7.54. The summed E-state index contributed by atoms with van der Waals surface area (Å²) in [7, 11) is 0. The molecule has 0 saturated carbocycles. The van der Waals surface area contributed by atoms with Gasteiger partial charge in [0, 0.05) is 34.9 Å². The number of nitrogens with one attached hydrogen (secondary N) is 1. The number of nitrogens with zero attached hydrogens (tertiary/aromatic N) is 1. The molecule has 0 radical (unpaired) electrons. The minimum Gasteiger partial charge on any atom is -0.486 e. The van der Waals surface area contributed by atoms with E-state index in [1.165, 1.54) is 0 Å². The van der Waals surface area contributed by atoms with Crippen molar-refractivity contribution in [2.75, 3.05) is 30.0 Å². The van der Waals surface area contributed by atoms with Crippen molar-refractivity contribution in [3.05, 3.63) is 46.4 Å². The van der Waals surface area contributed by atoms with E-state index in [-0.39, 0.29) is 18.2 Å². The first-order chi connectivity index (χ1) is 13.0. The first kappa shape index (κ1) is 17.9. The van der Waals surface area contributed by atoms with E-state index in [4.69, 9.17) is 9.47 Å². The van der Waals surface area contributed by atoms with Crippen molar-refractivity contribution in [2.45, 2.75) is 13.3 Å². The minimum atomic E-state index is -0.394. The monoisotopic (exact) mass is 430 g/mol. The Hall–Kier alpha value is -2.54. The molecule has 4 rings (SSSR count). The average molecular weight is 431 g/mol. The SMILES string of the molecule is Cc1cc(NC(=O)C2CC(=O)N(c3ccc4c(c3)OCCO4)C2)ccc1Br. The van der Waals surface area contributed by atoms with Crippen LogP contribution in [0.25, 0.3) is 0 Å². The van der Waals surface area contributed by atoms with Crippen LogP contribution in [-0.2, 0) is 9.59 Å². The summed E-state index contributed by atoms with van der Waals surface area (Å²) >= 11 is 3.45. The van der Waals surface area contributed by atoms with Crippen LogP contribution in [0.15, 0.2) is 40.9 Å². The predicted molar refractivity (Wildman–Crippen MR) is 105 cm³/mol. The minimum absolute atomic E-state index is 0.0705. The lowest BCUT2D eigenvalue weighted by Gasteiger charge is -2.22. The molecule has 2 aliphatic heterocycles. The van der Waals surface area contributed by atoms with E-state index in [1.807, 2.05) is 31.2 Å². The van der Waals surface area contributed by atoms with Gasteiger partial charge in [0.15, 0.2) is 11.5 Å². The molecule has 1 atom stereocenters. The number of hydrogen-bond donors (Lipinski definition) is 1. The number of rotatable bonds is 3. The Balaban J connectivity index is 1.47. The number of anilines is 2. The van der Waals surface area contributed by atoms with Gasteiger partial charge in [0.2, 0.25) is 11.8 Å². The van der Waals surface area contributed by atoms with E-state index >= 15 is 0 Å². The van der Waals surface area contributed by atoms with E-state index in [0.29, 0.717) is 31.3 Å². The third-order valence-electron chi connectivity index (χ3n) is 4.76. The van der Waals surface area contributed by atoms with Gasteiger partial charge in [0.05, 0.1) is 5.92 Å². The van der Waals surface area contributed by atoms with Crippen LogP contribution >= 0.6 is 15.9 Å². The highest BCUT2D eigenvalue weighted by Crippen LogP contribution is 2.36. The van der Waals surface area contributed by atoms with Gasteiger partial charge in [-0.25, -0.2) is 0 Å². The molecule has 1 fully saturated rings. The number of carbonyl (C=O) groups is 2. The van der Waals surface area contributed by atoms with E-state index in [2.05, 4.69) is 21.2 Å². The van der Waals surface area contributed by atoms with Crippen LogP contribution in [0.3, 0.4) is 0 Å². The zero-order chi connectivity index (χ0) is 19.0. The number of carbonyl (C=O) groups excluding carboxylic acids is 2. The zero-order valence-corrected chi connectivity index (χ0v) is 16.4. The molecule has 27 heavy (non-hydrogen) atoms. The van der Waals surface area contributed by atoms with Crippen LogP contribution < -0.4 is 19.7 Å². The number of hydrogen-bond acceptors (Lipinski definition) is 4. The Morgan fingerprint density at radius 1 is 1.15 bits per heavy atom. The van der Waals surface area contributed by atoms with Crippen LogP contribution in [0.4, 0.5) is 11.4 Å². The molecule has 0 spiro atoms. The molecule has 1 saturated heterocycles. The molecule has 1 unspecified atom stereocenters. The molecular formula is C20H19BrN2O4. The second-order valence-electron chi connectivity index (χ2n) is 6.69. The molecule has 2 aliphatic rings. The normalized spacial score (nSPS) is 18.5. The lowest BCUT2D eigenvalue weighted by atomic mass is 10.1. The van der Waals surface area contributed by atoms with Gasteiger partial charge >= 0.3 is 0 Å². The van der Waals surface area contributed by atoms with Gasteiger partial charge < -0.3 is 19.7 Å². The maximum absolute atomic E-state index is 12.6. The van der Waals surface area contributed by atoms with E-state index < -0.39 is 5.92 Å². The number of amides is 2. The molecular weight excluding hydrogens is 412 g/mol. The van der Waals surface area contributed by atoms with Gasteiger partial charge in [-0.2, -0.15) is 0 Å². The number of aryl methyl sites for hydroxylation is 1. The summed E-state index contributed by atoms with van der Waals surface area (Å²) in [6.07, 6.45) is 0.190. The Morgan fingerprint density at radius 3 is 2.70 bits per heavy atom. The van der Waals surface area contributed by atoms with Crippen molar-refractivity contribution >= 4 is 39.1 Å². The summed E-state index contributed by atoms with van der Waals surface area (Å²) in [5, 5.41) is 2.91. The van der Waals surface area contributed by atoms with Crippen LogP contribution in [-0.4, -0.2) is 31.6 Å². The Morgan fingerprint density at radius 2 is 1.93 bits per heavy atom. The van der Waals surface area contributed by atoms with E-state index in [1.54, 1.807) is 17.0 Å². The van der Waals surface area contributed by atoms with Crippen LogP contribution in [0.5, 0.6) is 11.5 Å². The highest BCUT2D eigenvalue weighted by atomic mass is 79.9. The first-order valence-electron chi connectivity index (χ1n) is 8.78. The van der Waals surface area contributed by atoms with Crippen LogP contribution in [0, 0.1) is 12.8 Å². The van der Waals surface area contributed by atoms with Crippen molar-refractivity contribution in [1.29, 1.82) is 0 Å². The van der Waals surface area contributed by atoms with Crippen molar-refractivity contribution in [2.24, 2.45) is 5.92 Å². The fourth-order valence-corrected chi connectivity index (χ4v) is 3.55. The molecule has 7 heteroatoms. The van der Waals surface area contributed by atoms with Crippen molar-refractivity contribution < 1.29 is 19.1 Å². The summed E-state index contributed by atoms with van der Waals surface area (Å²) in [6.45, 7) is 3.32. The maximum Gasteiger partial charge on any atom is 0.229 e. The molecule has 6 nitrogen and oxygen atoms in total. The van der Waals surface area contributed by atoms with Gasteiger partial charge in [0.1, 0.15) is 13.2 Å². The summed E-state index contributed by atoms with van der Waals surface area (Å²) in [5.41, 5.74) is 2.48. The maximum atomic E-state index is 12.6. The number of ether oxygens (including phenoxy) is 2. The lowest BCUT2D eigenvalue weighted by Crippen LogP contribution is -2.28. The standard InChI is InChI=1S/C20H19BrN2O4/c1-12-8-14(2-4-16(12)21)22-20(25)13-9-19(24)23(11-13)15-3-5-17-18(10-15)27-7-6-26-17/h2-5,8,10,13H,6-7,9,11H2,1H3,(H,22,25). The Bertz CT molecular complexity index is 915. The van der Waals surface area contributed by atoms with Gasteiger partial charge in [-0.1, -0.05) is 15.9 Å². The fraction of sp³-hybridized carbons (Fsp3) is 0.300. The quantitative estimate of drug-likeness (QED) is 0.808. The molecule has 2 amide bonds. The van der Waals surface area contributed by atoms with Gasteiger partial charge in [0.25, 0.3) is 0 Å². The molecule has 1 N–H and O–H groups in total. The van der Waals surface area contributed by atoms with Crippen molar-refractivity contribution in [3.63, 3.8) is 0 Å². The van der Waals surface area contributed by atoms with Gasteiger partial charge in [-0.15, -0.1) is 0 Å². The number of halogens is 1. The Labute approximate surface area is 165 Å². The topological polar surface area (TPSA) is 67.9 Å². The highest BCUT2D eigenvalue weighted by Gasteiger charge is 2.35. The molecule has 2 aromatic rings. The molecule has 140 valence electrons. The van der Waals surface area contributed by atoms with Crippen molar-refractivity contribution in [1.82, 2.24) is 0 Å². The number of fused-ring (bicyclic) bond motifs is 1. The lowest BCUT2D eigenvalue weighted by molar-refractivity contribution is -0.122. The van der Waals surface area contributed by atoms with Gasteiger partial charge in [-0.3, -0.25) is 9.59 Å². The molecule has 0 aliphatic carbocycles. The van der Waals surface area contributed by atoms with E-state index in [9.17, 15) is 9.59 Å². The second kappa shape index (κ2) is 7.23. The third-order valence-corrected chi connectivity index (χ3v) is 5.65. The summed E-state index contributed by atoms with van der Waals surface area (Å²) in [6, 6.07) is 11.1. The Kier molecular flexibility index (Phi) is 4.78. The zero-order valence-electron chi connectivity index (χ0n) is 14.8.